The maximum Gasteiger partial charge on any atom is 0.139 e. The fraction of sp³-hybridized carbons (Fsp3) is 0.0667. The standard InChI is InChI=1S/C15H11Cl2NO2/c16-9-2-4-13-8(5-9)6-14(20-13)15(19)11-3-1-10(17)7-12(11)18/h1-7,15,19H,18H2. The summed E-state index contributed by atoms with van der Waals surface area (Å²) in [5, 5.41) is 12.4. The highest BCUT2D eigenvalue weighted by atomic mass is 35.5. The highest BCUT2D eigenvalue weighted by Gasteiger charge is 2.18. The Labute approximate surface area is 125 Å². The lowest BCUT2D eigenvalue weighted by Gasteiger charge is -2.11. The molecule has 1 atom stereocenters. The van der Waals surface area contributed by atoms with Gasteiger partial charge in [0.15, 0.2) is 0 Å². The van der Waals surface area contributed by atoms with Gasteiger partial charge in [-0.1, -0.05) is 29.3 Å². The van der Waals surface area contributed by atoms with E-state index < -0.39 is 6.10 Å². The molecular formula is C15H11Cl2NO2. The zero-order chi connectivity index (χ0) is 14.3. The van der Waals surface area contributed by atoms with Gasteiger partial charge in [-0.25, -0.2) is 0 Å². The summed E-state index contributed by atoms with van der Waals surface area (Å²) in [6.07, 6.45) is -0.946. The van der Waals surface area contributed by atoms with Crippen LogP contribution in [0.25, 0.3) is 11.0 Å². The van der Waals surface area contributed by atoms with Gasteiger partial charge in [-0.05, 0) is 36.4 Å². The van der Waals surface area contributed by atoms with E-state index in [0.717, 1.165) is 5.39 Å². The minimum absolute atomic E-state index is 0.413. The zero-order valence-corrected chi connectivity index (χ0v) is 11.8. The molecule has 102 valence electrons. The molecule has 1 unspecified atom stereocenters. The van der Waals surface area contributed by atoms with E-state index in [1.807, 2.05) is 0 Å². The summed E-state index contributed by atoms with van der Waals surface area (Å²) in [5.41, 5.74) is 7.51. The van der Waals surface area contributed by atoms with E-state index in [1.165, 1.54) is 0 Å². The van der Waals surface area contributed by atoms with E-state index in [4.69, 9.17) is 33.4 Å². The number of benzene rings is 2. The molecule has 1 aromatic heterocycles. The van der Waals surface area contributed by atoms with Crippen molar-refractivity contribution in [1.82, 2.24) is 0 Å². The SMILES string of the molecule is Nc1cc(Cl)ccc1C(O)c1cc2cc(Cl)ccc2o1. The van der Waals surface area contributed by atoms with Gasteiger partial charge in [-0.2, -0.15) is 0 Å². The van der Waals surface area contributed by atoms with Gasteiger partial charge in [-0.15, -0.1) is 0 Å². The highest BCUT2D eigenvalue weighted by molar-refractivity contribution is 6.31. The number of fused-ring (bicyclic) bond motifs is 1. The molecule has 0 aliphatic rings. The number of halogens is 2. The van der Waals surface area contributed by atoms with Crippen LogP contribution in [0.2, 0.25) is 10.0 Å². The number of anilines is 1. The monoisotopic (exact) mass is 307 g/mol. The predicted octanol–water partition coefficient (Wildman–Crippen LogP) is 4.40. The molecule has 5 heteroatoms. The van der Waals surface area contributed by atoms with Crippen LogP contribution in [0.15, 0.2) is 46.9 Å². The lowest BCUT2D eigenvalue weighted by atomic mass is 10.1. The summed E-state index contributed by atoms with van der Waals surface area (Å²) in [4.78, 5) is 0. The number of nitrogen functional groups attached to an aromatic ring is 1. The van der Waals surface area contributed by atoms with Gasteiger partial charge < -0.3 is 15.3 Å². The fourth-order valence-electron chi connectivity index (χ4n) is 2.12. The summed E-state index contributed by atoms with van der Waals surface area (Å²) in [5.74, 6) is 0.413. The minimum Gasteiger partial charge on any atom is -0.458 e. The highest BCUT2D eigenvalue weighted by Crippen LogP contribution is 2.32. The van der Waals surface area contributed by atoms with Crippen molar-refractivity contribution in [3.8, 4) is 0 Å². The number of nitrogens with two attached hydrogens (primary N) is 1. The van der Waals surface area contributed by atoms with Crippen LogP contribution in [0.5, 0.6) is 0 Å². The topological polar surface area (TPSA) is 59.4 Å². The molecule has 0 radical (unpaired) electrons. The quantitative estimate of drug-likeness (QED) is 0.690. The van der Waals surface area contributed by atoms with Gasteiger partial charge >= 0.3 is 0 Å². The van der Waals surface area contributed by atoms with Crippen LogP contribution in [0, 0.1) is 0 Å². The van der Waals surface area contributed by atoms with Crippen molar-refractivity contribution in [3.05, 3.63) is 63.8 Å². The maximum absolute atomic E-state index is 10.4. The number of rotatable bonds is 2. The maximum atomic E-state index is 10.4. The largest absolute Gasteiger partial charge is 0.458 e. The van der Waals surface area contributed by atoms with Gasteiger partial charge in [0.25, 0.3) is 0 Å². The predicted molar refractivity (Wildman–Crippen MR) is 81.2 cm³/mol. The number of furan rings is 1. The first kappa shape index (κ1) is 13.3. The number of aliphatic hydroxyl groups is 1. The Morgan fingerprint density at radius 3 is 2.45 bits per heavy atom. The van der Waals surface area contributed by atoms with Crippen LogP contribution >= 0.6 is 23.2 Å². The molecule has 3 nitrogen and oxygen atoms in total. The lowest BCUT2D eigenvalue weighted by molar-refractivity contribution is 0.193. The Bertz CT molecular complexity index is 783. The van der Waals surface area contributed by atoms with Gasteiger partial charge in [-0.3, -0.25) is 0 Å². The van der Waals surface area contributed by atoms with Crippen molar-refractivity contribution < 1.29 is 9.52 Å². The molecule has 0 aliphatic carbocycles. The Morgan fingerprint density at radius 2 is 1.70 bits per heavy atom. The van der Waals surface area contributed by atoms with Gasteiger partial charge in [0.05, 0.1) is 0 Å². The second-order valence-corrected chi connectivity index (χ2v) is 5.38. The molecule has 0 bridgehead atoms. The average Bonchev–Trinajstić information content (AvgIpc) is 2.81. The van der Waals surface area contributed by atoms with E-state index in [-0.39, 0.29) is 0 Å². The molecule has 0 spiro atoms. The first-order valence-corrected chi connectivity index (χ1v) is 6.72. The number of hydrogen-bond acceptors (Lipinski definition) is 3. The smallest absolute Gasteiger partial charge is 0.139 e. The third-order valence-corrected chi connectivity index (χ3v) is 3.58. The van der Waals surface area contributed by atoms with Crippen molar-refractivity contribution in [2.24, 2.45) is 0 Å². The van der Waals surface area contributed by atoms with Crippen LogP contribution in [-0.4, -0.2) is 5.11 Å². The number of hydrogen-bond donors (Lipinski definition) is 2. The van der Waals surface area contributed by atoms with Crippen molar-refractivity contribution in [1.29, 1.82) is 0 Å². The van der Waals surface area contributed by atoms with Crippen LogP contribution in [0.4, 0.5) is 5.69 Å². The molecule has 0 aliphatic heterocycles. The van der Waals surface area contributed by atoms with E-state index in [2.05, 4.69) is 0 Å². The Kier molecular flexibility index (Phi) is 3.34. The third kappa shape index (κ3) is 2.36. The summed E-state index contributed by atoms with van der Waals surface area (Å²) >= 11 is 11.8. The second kappa shape index (κ2) is 5.02. The van der Waals surface area contributed by atoms with Gasteiger partial charge in [0.1, 0.15) is 17.4 Å². The third-order valence-electron chi connectivity index (χ3n) is 3.11. The van der Waals surface area contributed by atoms with Crippen molar-refractivity contribution in [2.75, 3.05) is 5.73 Å². The van der Waals surface area contributed by atoms with E-state index in [0.29, 0.717) is 32.6 Å². The molecule has 3 aromatic rings. The molecule has 0 amide bonds. The molecule has 0 saturated heterocycles. The first-order valence-electron chi connectivity index (χ1n) is 5.96. The normalized spacial score (nSPS) is 12.8. The van der Waals surface area contributed by atoms with Crippen LogP contribution in [-0.2, 0) is 0 Å². The van der Waals surface area contributed by atoms with Crippen LogP contribution in [0.3, 0.4) is 0 Å². The van der Waals surface area contributed by atoms with Gasteiger partial charge in [0, 0.05) is 26.7 Å². The van der Waals surface area contributed by atoms with Crippen molar-refractivity contribution in [3.63, 3.8) is 0 Å². The minimum atomic E-state index is -0.946. The Hall–Kier alpha value is -1.68. The van der Waals surface area contributed by atoms with Crippen LogP contribution in [0.1, 0.15) is 17.4 Å². The Morgan fingerprint density at radius 1 is 1.00 bits per heavy atom. The van der Waals surface area contributed by atoms with E-state index >= 15 is 0 Å². The van der Waals surface area contributed by atoms with Gasteiger partial charge in [0.2, 0.25) is 0 Å². The molecule has 0 saturated carbocycles. The number of aliphatic hydroxyl groups excluding tert-OH is 1. The second-order valence-electron chi connectivity index (χ2n) is 4.51. The Balaban J connectivity index is 2.05. The first-order chi connectivity index (χ1) is 9.54. The molecular weight excluding hydrogens is 297 g/mol. The van der Waals surface area contributed by atoms with Crippen LogP contribution < -0.4 is 5.73 Å². The molecule has 3 rings (SSSR count). The molecule has 1 heterocycles. The van der Waals surface area contributed by atoms with Crippen molar-refractivity contribution >= 4 is 39.9 Å². The molecule has 3 N–H and O–H groups in total. The van der Waals surface area contributed by atoms with E-state index in [9.17, 15) is 5.11 Å². The summed E-state index contributed by atoms with van der Waals surface area (Å²) in [6, 6.07) is 12.0. The summed E-state index contributed by atoms with van der Waals surface area (Å²) < 4.78 is 5.63. The zero-order valence-electron chi connectivity index (χ0n) is 10.3. The molecule has 20 heavy (non-hydrogen) atoms. The van der Waals surface area contributed by atoms with Crippen molar-refractivity contribution in [2.45, 2.75) is 6.10 Å². The molecule has 0 fully saturated rings. The average molecular weight is 308 g/mol. The summed E-state index contributed by atoms with van der Waals surface area (Å²) in [6.45, 7) is 0. The van der Waals surface area contributed by atoms with E-state index in [1.54, 1.807) is 42.5 Å². The fourth-order valence-corrected chi connectivity index (χ4v) is 2.48. The molecule has 2 aromatic carbocycles. The lowest BCUT2D eigenvalue weighted by Crippen LogP contribution is -2.02. The summed E-state index contributed by atoms with van der Waals surface area (Å²) in [7, 11) is 0.